The number of rotatable bonds is 4. The van der Waals surface area contributed by atoms with E-state index in [0.29, 0.717) is 4.73 Å². The minimum atomic E-state index is -1.50. The summed E-state index contributed by atoms with van der Waals surface area (Å²) in [5.74, 6) is -2.42. The van der Waals surface area contributed by atoms with Crippen molar-refractivity contribution in [2.45, 2.75) is 26.7 Å². The Morgan fingerprint density at radius 2 is 2.20 bits per heavy atom. The second-order valence-corrected chi connectivity index (χ2v) is 4.04. The molecule has 0 bridgehead atoms. The molecule has 0 amide bonds. The van der Waals surface area contributed by atoms with Gasteiger partial charge in [0.15, 0.2) is 11.6 Å². The third-order valence-corrected chi connectivity index (χ3v) is 2.77. The maximum Gasteiger partial charge on any atom is 0.328 e. The first-order chi connectivity index (χ1) is 9.34. The van der Waals surface area contributed by atoms with Crippen molar-refractivity contribution in [1.82, 2.24) is 0 Å². The molecule has 0 aliphatic heterocycles. The van der Waals surface area contributed by atoms with Gasteiger partial charge in [0.1, 0.15) is 5.56 Å². The number of ether oxygens (including phenoxy) is 1. The molecule has 8 heteroatoms. The van der Waals surface area contributed by atoms with Crippen molar-refractivity contribution >= 4 is 11.7 Å². The zero-order valence-corrected chi connectivity index (χ0v) is 11.2. The van der Waals surface area contributed by atoms with E-state index in [0.717, 1.165) is 6.07 Å². The van der Waals surface area contributed by atoms with Gasteiger partial charge >= 0.3 is 5.97 Å². The van der Waals surface area contributed by atoms with E-state index in [1.54, 1.807) is 13.0 Å². The van der Waals surface area contributed by atoms with Crippen LogP contribution in [0.5, 0.6) is 0 Å². The van der Waals surface area contributed by atoms with Crippen LogP contribution in [0.3, 0.4) is 0 Å². The molecule has 0 aliphatic carbocycles. The van der Waals surface area contributed by atoms with Crippen LogP contribution in [-0.4, -0.2) is 17.5 Å². The highest BCUT2D eigenvalue weighted by atomic mass is 16.6. The Hall–Kier alpha value is -2.69. The van der Waals surface area contributed by atoms with E-state index in [4.69, 9.17) is 10.00 Å². The summed E-state index contributed by atoms with van der Waals surface area (Å²) < 4.78 is 5.16. The van der Waals surface area contributed by atoms with Crippen LogP contribution in [0.25, 0.3) is 0 Å². The summed E-state index contributed by atoms with van der Waals surface area (Å²) in [5, 5.41) is 32.0. The van der Waals surface area contributed by atoms with Crippen LogP contribution in [-0.2, 0) is 9.53 Å². The fraction of sp³-hybridized carbons (Fsp3) is 0.417. The lowest BCUT2D eigenvalue weighted by atomic mass is 9.97. The van der Waals surface area contributed by atoms with Crippen molar-refractivity contribution in [3.05, 3.63) is 38.3 Å². The van der Waals surface area contributed by atoms with Crippen LogP contribution in [0.1, 0.15) is 29.8 Å². The van der Waals surface area contributed by atoms with Gasteiger partial charge in [0, 0.05) is 13.8 Å². The largest absolute Gasteiger partial charge is 0.618 e. The Balaban J connectivity index is 3.56. The van der Waals surface area contributed by atoms with Gasteiger partial charge in [-0.3, -0.25) is 14.9 Å². The third kappa shape index (κ3) is 2.66. The summed E-state index contributed by atoms with van der Waals surface area (Å²) in [7, 11) is 0. The van der Waals surface area contributed by atoms with Gasteiger partial charge in [0.2, 0.25) is 5.69 Å². The highest BCUT2D eigenvalue weighted by Gasteiger charge is 2.36. The summed E-state index contributed by atoms with van der Waals surface area (Å²) in [6.45, 7) is 4.32. The Morgan fingerprint density at radius 3 is 2.65 bits per heavy atom. The average molecular weight is 279 g/mol. The number of aromatic nitrogens is 1. The zero-order chi connectivity index (χ0) is 15.4. The number of carbonyl (C=O) groups is 1. The molecular weight excluding hydrogens is 266 g/mol. The molecule has 1 rings (SSSR count). The maximum absolute atomic E-state index is 11.8. The molecule has 0 aliphatic rings. The monoisotopic (exact) mass is 279 g/mol. The number of hydrogen-bond acceptors (Lipinski definition) is 6. The van der Waals surface area contributed by atoms with E-state index >= 15 is 0 Å². The molecule has 1 atom stereocenters. The highest BCUT2D eigenvalue weighted by Crippen LogP contribution is 2.29. The standard InChI is InChI=1S/C12H13N3O5/c1-4-20-12(16)9(6-13)11-8(3)14(17)7(2)5-10(11)15(18)19/h5,9H,4H2,1-3H3/t9-/m1/s1. The molecule has 1 heterocycles. The molecule has 0 N–H and O–H groups in total. The molecule has 0 saturated carbocycles. The first-order valence-electron chi connectivity index (χ1n) is 5.79. The van der Waals surface area contributed by atoms with E-state index in [9.17, 15) is 20.1 Å². The predicted molar refractivity (Wildman–Crippen MR) is 66.5 cm³/mol. The number of aryl methyl sites for hydroxylation is 1. The van der Waals surface area contributed by atoms with Crippen LogP contribution < -0.4 is 4.73 Å². The number of esters is 1. The molecule has 20 heavy (non-hydrogen) atoms. The van der Waals surface area contributed by atoms with Crippen molar-refractivity contribution in [3.63, 3.8) is 0 Å². The summed E-state index contributed by atoms with van der Waals surface area (Å²) in [6, 6.07) is 2.70. The van der Waals surface area contributed by atoms with Crippen LogP contribution in [0, 0.1) is 40.5 Å². The lowest BCUT2D eigenvalue weighted by Crippen LogP contribution is -2.36. The number of nitro groups is 1. The topological polar surface area (TPSA) is 120 Å². The van der Waals surface area contributed by atoms with Crippen molar-refractivity contribution < 1.29 is 19.2 Å². The summed E-state index contributed by atoms with van der Waals surface area (Å²) in [4.78, 5) is 22.1. The fourth-order valence-electron chi connectivity index (χ4n) is 1.86. The molecule has 0 radical (unpaired) electrons. The molecule has 106 valence electrons. The first-order valence-corrected chi connectivity index (χ1v) is 5.79. The van der Waals surface area contributed by atoms with Gasteiger partial charge in [-0.2, -0.15) is 9.99 Å². The van der Waals surface area contributed by atoms with E-state index in [-0.39, 0.29) is 23.6 Å². The SMILES string of the molecule is CCOC(=O)[C@H](C#N)c1c([N+](=O)[O-])cc(C)[n+]([O-])c1C. The number of carbonyl (C=O) groups excluding carboxylic acids is 1. The van der Waals surface area contributed by atoms with Gasteiger partial charge in [0.25, 0.3) is 5.69 Å². The predicted octanol–water partition coefficient (Wildman–Crippen LogP) is 1.02. The van der Waals surface area contributed by atoms with Crippen LogP contribution in [0.4, 0.5) is 5.69 Å². The van der Waals surface area contributed by atoms with Crippen molar-refractivity contribution in [3.8, 4) is 6.07 Å². The van der Waals surface area contributed by atoms with Crippen molar-refractivity contribution in [1.29, 1.82) is 5.26 Å². The number of nitriles is 1. The molecule has 1 aromatic heterocycles. The minimum Gasteiger partial charge on any atom is -0.618 e. The smallest absolute Gasteiger partial charge is 0.328 e. The lowest BCUT2D eigenvalue weighted by molar-refractivity contribution is -0.620. The van der Waals surface area contributed by atoms with E-state index in [1.165, 1.54) is 13.8 Å². The quantitative estimate of drug-likeness (QED) is 0.267. The second kappa shape index (κ2) is 5.97. The van der Waals surface area contributed by atoms with Gasteiger partial charge < -0.3 is 9.94 Å². The number of hydrogen-bond donors (Lipinski definition) is 0. The fourth-order valence-corrected chi connectivity index (χ4v) is 1.86. The number of pyridine rings is 1. The van der Waals surface area contributed by atoms with Gasteiger partial charge in [-0.25, -0.2) is 0 Å². The molecule has 0 spiro atoms. The Labute approximate surface area is 114 Å². The molecular formula is C12H13N3O5. The normalized spacial score (nSPS) is 11.5. The zero-order valence-electron chi connectivity index (χ0n) is 11.2. The Bertz CT molecular complexity index is 606. The highest BCUT2D eigenvalue weighted by molar-refractivity contribution is 5.83. The van der Waals surface area contributed by atoms with Crippen molar-refractivity contribution in [2.24, 2.45) is 0 Å². The lowest BCUT2D eigenvalue weighted by Gasteiger charge is -2.13. The van der Waals surface area contributed by atoms with Gasteiger partial charge in [-0.15, -0.1) is 0 Å². The first kappa shape index (κ1) is 15.4. The summed E-state index contributed by atoms with van der Waals surface area (Å²) in [6.07, 6.45) is 0. The number of nitrogens with zero attached hydrogens (tertiary/aromatic N) is 3. The van der Waals surface area contributed by atoms with Crippen LogP contribution in [0.15, 0.2) is 6.07 Å². The maximum atomic E-state index is 11.8. The van der Waals surface area contributed by atoms with Gasteiger partial charge in [0.05, 0.1) is 23.7 Å². The van der Waals surface area contributed by atoms with E-state index < -0.39 is 22.5 Å². The van der Waals surface area contributed by atoms with E-state index in [1.807, 2.05) is 0 Å². The molecule has 0 aromatic carbocycles. The summed E-state index contributed by atoms with van der Waals surface area (Å²) in [5.41, 5.74) is -0.613. The summed E-state index contributed by atoms with van der Waals surface area (Å²) >= 11 is 0. The Morgan fingerprint density at radius 1 is 1.60 bits per heavy atom. The molecule has 0 saturated heterocycles. The van der Waals surface area contributed by atoms with Crippen LogP contribution in [0.2, 0.25) is 0 Å². The van der Waals surface area contributed by atoms with Gasteiger partial charge in [-0.1, -0.05) is 0 Å². The van der Waals surface area contributed by atoms with Gasteiger partial charge in [-0.05, 0) is 6.92 Å². The Kier molecular flexibility index (Phi) is 4.59. The van der Waals surface area contributed by atoms with Crippen LogP contribution >= 0.6 is 0 Å². The van der Waals surface area contributed by atoms with Crippen molar-refractivity contribution in [2.75, 3.05) is 6.61 Å². The molecule has 8 nitrogen and oxygen atoms in total. The minimum absolute atomic E-state index is 0.0348. The molecule has 0 unspecified atom stereocenters. The van der Waals surface area contributed by atoms with E-state index in [2.05, 4.69) is 0 Å². The molecule has 1 aromatic rings. The average Bonchev–Trinajstić information content (AvgIpc) is 2.39. The molecule has 0 fully saturated rings. The third-order valence-electron chi connectivity index (χ3n) is 2.77. The second-order valence-electron chi connectivity index (χ2n) is 4.04.